The molecule has 6 heteroatoms. The van der Waals surface area contributed by atoms with Gasteiger partial charge in [-0.15, -0.1) is 17.0 Å². The minimum atomic E-state index is -0.401. The van der Waals surface area contributed by atoms with Crippen molar-refractivity contribution in [3.8, 4) is 0 Å². The molecule has 0 atom stereocenters. The number of non-ortho nitro benzene ring substituents is 1. The molecule has 0 amide bonds. The molecule has 0 radical (unpaired) electrons. The van der Waals surface area contributed by atoms with Crippen molar-refractivity contribution < 1.29 is 4.92 Å². The zero-order valence-corrected chi connectivity index (χ0v) is 12.8. The molecule has 0 saturated carbocycles. The number of nitro benzene ring substituents is 1. The fourth-order valence-electron chi connectivity index (χ4n) is 2.33. The van der Waals surface area contributed by atoms with Crippen molar-refractivity contribution in [1.29, 1.82) is 0 Å². The topological polar surface area (TPSA) is 72.4 Å². The number of nitro groups is 1. The summed E-state index contributed by atoms with van der Waals surface area (Å²) in [6, 6.07) is 14.5. The van der Waals surface area contributed by atoms with E-state index in [4.69, 9.17) is 5.73 Å². The van der Waals surface area contributed by atoms with E-state index in [0.29, 0.717) is 12.4 Å². The number of hydrogen-bond donors (Lipinski definition) is 1. The Morgan fingerprint density at radius 3 is 2.67 bits per heavy atom. The lowest BCUT2D eigenvalue weighted by Gasteiger charge is -2.29. The van der Waals surface area contributed by atoms with Gasteiger partial charge in [-0.25, -0.2) is 0 Å². The smallest absolute Gasteiger partial charge is 0.271 e. The first-order chi connectivity index (χ1) is 9.65. The lowest BCUT2D eigenvalue weighted by molar-refractivity contribution is -0.384. The third-order valence-corrected chi connectivity index (χ3v) is 3.35. The second-order valence-corrected chi connectivity index (χ2v) is 4.63. The van der Waals surface area contributed by atoms with Crippen LogP contribution in [-0.2, 0) is 6.54 Å². The summed E-state index contributed by atoms with van der Waals surface area (Å²) in [5.41, 5.74) is 9.09. The molecule has 2 aromatic rings. The summed E-state index contributed by atoms with van der Waals surface area (Å²) in [5.74, 6) is 0.587. The zero-order valence-electron chi connectivity index (χ0n) is 11.1. The van der Waals surface area contributed by atoms with E-state index in [-0.39, 0.29) is 22.7 Å². The fourth-order valence-corrected chi connectivity index (χ4v) is 2.33. The minimum absolute atomic E-state index is 0. The number of hydrogen-bond acceptors (Lipinski definition) is 4. The summed E-state index contributed by atoms with van der Waals surface area (Å²) >= 11 is 0. The highest BCUT2D eigenvalue weighted by molar-refractivity contribution is 8.93. The SMILES string of the molecule is Br.NC1=Cc2ccccc2CN1c1cccc([N+](=O)[O-])c1. The van der Waals surface area contributed by atoms with Gasteiger partial charge < -0.3 is 10.6 Å². The maximum atomic E-state index is 10.9. The van der Waals surface area contributed by atoms with E-state index in [9.17, 15) is 10.1 Å². The van der Waals surface area contributed by atoms with E-state index in [2.05, 4.69) is 0 Å². The summed E-state index contributed by atoms with van der Waals surface area (Å²) in [7, 11) is 0. The Labute approximate surface area is 132 Å². The fraction of sp³-hybridized carbons (Fsp3) is 0.0667. The average molecular weight is 348 g/mol. The maximum Gasteiger partial charge on any atom is 0.271 e. The second kappa shape index (κ2) is 5.97. The molecule has 2 N–H and O–H groups in total. The van der Waals surface area contributed by atoms with Gasteiger partial charge in [-0.2, -0.15) is 0 Å². The summed E-state index contributed by atoms with van der Waals surface area (Å²) < 4.78 is 0. The molecule has 0 bridgehead atoms. The van der Waals surface area contributed by atoms with Gasteiger partial charge in [-0.1, -0.05) is 30.3 Å². The number of benzene rings is 2. The number of halogens is 1. The summed E-state index contributed by atoms with van der Waals surface area (Å²) in [4.78, 5) is 12.3. The van der Waals surface area contributed by atoms with Crippen molar-refractivity contribution in [2.24, 2.45) is 5.73 Å². The molecule has 21 heavy (non-hydrogen) atoms. The first-order valence-electron chi connectivity index (χ1n) is 6.22. The van der Waals surface area contributed by atoms with Gasteiger partial charge in [0.2, 0.25) is 0 Å². The molecular formula is C15H14BrN3O2. The van der Waals surface area contributed by atoms with Crippen molar-refractivity contribution in [2.45, 2.75) is 6.54 Å². The van der Waals surface area contributed by atoms with E-state index in [0.717, 1.165) is 16.8 Å². The van der Waals surface area contributed by atoms with E-state index in [1.807, 2.05) is 41.3 Å². The molecule has 2 aromatic carbocycles. The van der Waals surface area contributed by atoms with Crippen LogP contribution in [0, 0.1) is 10.1 Å². The Morgan fingerprint density at radius 1 is 1.14 bits per heavy atom. The maximum absolute atomic E-state index is 10.9. The molecule has 0 unspecified atom stereocenters. The molecule has 0 fully saturated rings. The van der Waals surface area contributed by atoms with Gasteiger partial charge in [-0.3, -0.25) is 10.1 Å². The van der Waals surface area contributed by atoms with Crippen LogP contribution < -0.4 is 10.6 Å². The van der Waals surface area contributed by atoms with Crippen LogP contribution >= 0.6 is 17.0 Å². The Kier molecular flexibility index (Phi) is 4.28. The van der Waals surface area contributed by atoms with E-state index < -0.39 is 4.92 Å². The molecule has 0 spiro atoms. The lowest BCUT2D eigenvalue weighted by atomic mass is 10.0. The molecule has 3 rings (SSSR count). The van der Waals surface area contributed by atoms with Crippen LogP contribution in [0.4, 0.5) is 11.4 Å². The largest absolute Gasteiger partial charge is 0.385 e. The van der Waals surface area contributed by atoms with E-state index in [1.54, 1.807) is 6.07 Å². The minimum Gasteiger partial charge on any atom is -0.385 e. The number of fused-ring (bicyclic) bond motifs is 1. The Morgan fingerprint density at radius 2 is 1.90 bits per heavy atom. The Bertz CT molecular complexity index is 716. The predicted octanol–water partition coefficient (Wildman–Crippen LogP) is 3.45. The quantitative estimate of drug-likeness (QED) is 0.666. The van der Waals surface area contributed by atoms with Gasteiger partial charge in [0.15, 0.2) is 0 Å². The third-order valence-electron chi connectivity index (χ3n) is 3.35. The molecule has 1 heterocycles. The van der Waals surface area contributed by atoms with Crippen molar-refractivity contribution in [3.05, 3.63) is 75.6 Å². The highest BCUT2D eigenvalue weighted by Gasteiger charge is 2.18. The zero-order chi connectivity index (χ0) is 14.1. The average Bonchev–Trinajstić information content (AvgIpc) is 2.46. The summed E-state index contributed by atoms with van der Waals surface area (Å²) in [6.07, 6.45) is 1.89. The van der Waals surface area contributed by atoms with Crippen LogP contribution in [-0.4, -0.2) is 4.92 Å². The summed E-state index contributed by atoms with van der Waals surface area (Å²) in [6.45, 7) is 0.611. The lowest BCUT2D eigenvalue weighted by Crippen LogP contribution is -2.29. The highest BCUT2D eigenvalue weighted by Crippen LogP contribution is 2.29. The Hall–Kier alpha value is -2.34. The molecule has 1 aliphatic heterocycles. The van der Waals surface area contributed by atoms with Crippen molar-refractivity contribution >= 4 is 34.4 Å². The first kappa shape index (κ1) is 15.1. The van der Waals surface area contributed by atoms with Gasteiger partial charge in [-0.05, 0) is 23.3 Å². The molecular weight excluding hydrogens is 334 g/mol. The molecule has 108 valence electrons. The normalized spacial score (nSPS) is 13.0. The molecule has 1 aliphatic rings. The molecule has 0 saturated heterocycles. The van der Waals surface area contributed by atoms with Crippen LogP contribution in [0.5, 0.6) is 0 Å². The van der Waals surface area contributed by atoms with Crippen LogP contribution in [0.25, 0.3) is 6.08 Å². The monoisotopic (exact) mass is 347 g/mol. The first-order valence-corrected chi connectivity index (χ1v) is 6.22. The Balaban J connectivity index is 0.00000161. The molecule has 5 nitrogen and oxygen atoms in total. The molecule has 0 aromatic heterocycles. The van der Waals surface area contributed by atoms with Gasteiger partial charge in [0, 0.05) is 17.8 Å². The van der Waals surface area contributed by atoms with Crippen LogP contribution in [0.2, 0.25) is 0 Å². The van der Waals surface area contributed by atoms with Crippen molar-refractivity contribution in [1.82, 2.24) is 0 Å². The van der Waals surface area contributed by atoms with E-state index >= 15 is 0 Å². The van der Waals surface area contributed by atoms with E-state index in [1.165, 1.54) is 12.1 Å². The van der Waals surface area contributed by atoms with Crippen LogP contribution in [0.15, 0.2) is 54.4 Å². The standard InChI is InChI=1S/C15H13N3O2.BrH/c16-15-8-11-4-1-2-5-12(11)10-17(15)13-6-3-7-14(9-13)18(19)20;/h1-9H,10,16H2;1H. The molecule has 0 aliphatic carbocycles. The second-order valence-electron chi connectivity index (χ2n) is 4.63. The van der Waals surface area contributed by atoms with Gasteiger partial charge in [0.25, 0.3) is 5.69 Å². The van der Waals surface area contributed by atoms with Crippen molar-refractivity contribution in [2.75, 3.05) is 4.90 Å². The number of rotatable bonds is 2. The van der Waals surface area contributed by atoms with Gasteiger partial charge in [0.1, 0.15) is 5.82 Å². The number of nitrogens with zero attached hydrogens (tertiary/aromatic N) is 2. The van der Waals surface area contributed by atoms with Crippen LogP contribution in [0.3, 0.4) is 0 Å². The van der Waals surface area contributed by atoms with Crippen LogP contribution in [0.1, 0.15) is 11.1 Å². The number of nitrogens with two attached hydrogens (primary N) is 1. The van der Waals surface area contributed by atoms with Gasteiger partial charge >= 0.3 is 0 Å². The third kappa shape index (κ3) is 2.90. The predicted molar refractivity (Wildman–Crippen MR) is 88.2 cm³/mol. The van der Waals surface area contributed by atoms with Crippen molar-refractivity contribution in [3.63, 3.8) is 0 Å². The van der Waals surface area contributed by atoms with Gasteiger partial charge in [0.05, 0.1) is 11.5 Å². The highest BCUT2D eigenvalue weighted by atomic mass is 79.9. The number of anilines is 1. The summed E-state index contributed by atoms with van der Waals surface area (Å²) in [5, 5.41) is 10.9.